The Balaban J connectivity index is 3.23. The van der Waals surface area contributed by atoms with Crippen molar-refractivity contribution in [3.63, 3.8) is 0 Å². The number of hydrogen-bond donors (Lipinski definition) is 1. The van der Waals surface area contributed by atoms with Gasteiger partial charge in [-0.25, -0.2) is 0 Å². The monoisotopic (exact) mass is 267 g/mol. The average molecular weight is 269 g/mol. The molecule has 1 rings (SSSR count). The van der Waals surface area contributed by atoms with Gasteiger partial charge in [0.25, 0.3) is 0 Å². The molecule has 5 heteroatoms. The molecule has 0 unspecified atom stereocenters. The predicted molar refractivity (Wildman–Crippen MR) is 53.3 cm³/mol. The Morgan fingerprint density at radius 3 is 2.75 bits per heavy atom. The lowest BCUT2D eigenvalue weighted by Gasteiger charge is -2.00. The zero-order valence-electron chi connectivity index (χ0n) is 5.76. The van der Waals surface area contributed by atoms with Crippen LogP contribution in [0.2, 0.25) is 5.02 Å². The first kappa shape index (κ1) is 9.84. The average Bonchev–Trinajstić information content (AvgIpc) is 2.08. The van der Waals surface area contributed by atoms with E-state index < -0.39 is 0 Å². The van der Waals surface area contributed by atoms with Crippen molar-refractivity contribution in [2.75, 3.05) is 0 Å². The molecule has 1 N–H and O–H groups in total. The molecule has 64 valence electrons. The van der Waals surface area contributed by atoms with E-state index in [-0.39, 0.29) is 5.17 Å². The van der Waals surface area contributed by atoms with Crippen LogP contribution in [0.5, 0.6) is 0 Å². The van der Waals surface area contributed by atoms with Gasteiger partial charge in [0.05, 0.1) is 0 Å². The van der Waals surface area contributed by atoms with Crippen molar-refractivity contribution in [1.29, 1.82) is 0 Å². The van der Waals surface area contributed by atoms with Crippen molar-refractivity contribution in [3.8, 4) is 0 Å². The van der Waals surface area contributed by atoms with E-state index in [1.54, 1.807) is 18.2 Å². The van der Waals surface area contributed by atoms with Crippen LogP contribution < -0.4 is 0 Å². The Kier molecular flexibility index (Phi) is 3.38. The zero-order valence-corrected chi connectivity index (χ0v) is 8.86. The van der Waals surface area contributed by atoms with E-state index in [2.05, 4.69) is 21.1 Å². The van der Waals surface area contributed by atoms with Crippen molar-refractivity contribution in [1.82, 2.24) is 0 Å². The fraction of sp³-hybridized carbons (Fsp3) is 0. The van der Waals surface area contributed by atoms with Crippen LogP contribution in [0.4, 0.5) is 0 Å². The minimum absolute atomic E-state index is 0.00405. The number of halogens is 3. The number of nitrogens with zero attached hydrogens (tertiary/aromatic N) is 1. The van der Waals surface area contributed by atoms with E-state index >= 15 is 0 Å². The van der Waals surface area contributed by atoms with E-state index in [9.17, 15) is 0 Å². The van der Waals surface area contributed by atoms with E-state index in [4.69, 9.17) is 28.4 Å². The molecule has 0 heterocycles. The summed E-state index contributed by atoms with van der Waals surface area (Å²) in [5, 5.41) is 11.8. The molecule has 0 aliphatic carbocycles. The van der Waals surface area contributed by atoms with Crippen LogP contribution >= 0.6 is 39.1 Å². The molecule has 0 bridgehead atoms. The van der Waals surface area contributed by atoms with Crippen LogP contribution in [0.15, 0.2) is 27.8 Å². The molecule has 0 aliphatic heterocycles. The smallest absolute Gasteiger partial charge is 0.176 e. The van der Waals surface area contributed by atoms with Gasteiger partial charge in [-0.2, -0.15) is 0 Å². The molecule has 1 aromatic carbocycles. The van der Waals surface area contributed by atoms with Crippen molar-refractivity contribution >= 4 is 44.3 Å². The maximum atomic E-state index is 8.40. The van der Waals surface area contributed by atoms with Gasteiger partial charge in [0.1, 0.15) is 0 Å². The van der Waals surface area contributed by atoms with E-state index in [0.29, 0.717) is 10.6 Å². The molecule has 12 heavy (non-hydrogen) atoms. The summed E-state index contributed by atoms with van der Waals surface area (Å²) >= 11 is 14.5. The summed E-state index contributed by atoms with van der Waals surface area (Å²) in [6.07, 6.45) is 0. The second-order valence-electron chi connectivity index (χ2n) is 2.01. The molecule has 0 saturated heterocycles. The summed E-state index contributed by atoms with van der Waals surface area (Å²) in [5.74, 6) is 0. The molecule has 1 aromatic rings. The second kappa shape index (κ2) is 4.12. The van der Waals surface area contributed by atoms with Crippen LogP contribution in [-0.2, 0) is 0 Å². The molecule has 0 spiro atoms. The van der Waals surface area contributed by atoms with E-state index in [1.165, 1.54) is 0 Å². The molecule has 0 amide bonds. The first-order valence-corrected chi connectivity index (χ1v) is 4.53. The molecular weight excluding hydrogens is 265 g/mol. The molecule has 0 saturated carbocycles. The number of hydrogen-bond acceptors (Lipinski definition) is 2. The van der Waals surface area contributed by atoms with E-state index in [1.807, 2.05) is 0 Å². The third-order valence-corrected chi connectivity index (χ3v) is 2.44. The molecule has 0 aromatic heterocycles. The van der Waals surface area contributed by atoms with E-state index in [0.717, 1.165) is 4.47 Å². The normalized spacial score (nSPS) is 11.8. The highest BCUT2D eigenvalue weighted by Crippen LogP contribution is 2.22. The summed E-state index contributed by atoms with van der Waals surface area (Å²) in [6, 6.07) is 5.04. The highest BCUT2D eigenvalue weighted by molar-refractivity contribution is 9.10. The van der Waals surface area contributed by atoms with Crippen molar-refractivity contribution in [3.05, 3.63) is 33.3 Å². The minimum Gasteiger partial charge on any atom is -0.410 e. The zero-order chi connectivity index (χ0) is 9.14. The van der Waals surface area contributed by atoms with Gasteiger partial charge in [-0.05, 0) is 18.2 Å². The third kappa shape index (κ3) is 2.12. The topological polar surface area (TPSA) is 32.6 Å². The second-order valence-corrected chi connectivity index (χ2v) is 3.66. The standard InChI is InChI=1S/C7H4BrCl2NO/c8-6-2-1-4(9)3-5(6)7(10)11-12/h1-3,12H/b11-7-. The molecule has 0 aliphatic rings. The van der Waals surface area contributed by atoms with Crippen LogP contribution in [0.1, 0.15) is 5.56 Å². The largest absolute Gasteiger partial charge is 0.410 e. The third-order valence-electron chi connectivity index (χ3n) is 1.24. The summed E-state index contributed by atoms with van der Waals surface area (Å²) in [5.41, 5.74) is 0.562. The lowest BCUT2D eigenvalue weighted by molar-refractivity contribution is 0.321. The fourth-order valence-electron chi connectivity index (χ4n) is 0.709. The summed E-state index contributed by atoms with van der Waals surface area (Å²) < 4.78 is 0.731. The highest BCUT2D eigenvalue weighted by atomic mass is 79.9. The Morgan fingerprint density at radius 1 is 1.50 bits per heavy atom. The predicted octanol–water partition coefficient (Wildman–Crippen LogP) is 3.48. The Bertz CT molecular complexity index is 327. The van der Waals surface area contributed by atoms with Crippen LogP contribution in [0.25, 0.3) is 0 Å². The van der Waals surface area contributed by atoms with Gasteiger partial charge < -0.3 is 5.21 Å². The SMILES string of the molecule is O/N=C(\Cl)c1cc(Cl)ccc1Br. The molecule has 0 fully saturated rings. The molecule has 0 atom stereocenters. The number of rotatable bonds is 1. The summed E-state index contributed by atoms with van der Waals surface area (Å²) in [6.45, 7) is 0. The Labute approximate surface area is 87.9 Å². The number of benzene rings is 1. The van der Waals surface area contributed by atoms with Crippen molar-refractivity contribution < 1.29 is 5.21 Å². The summed E-state index contributed by atoms with van der Waals surface area (Å²) in [4.78, 5) is 0. The maximum Gasteiger partial charge on any atom is 0.176 e. The van der Waals surface area contributed by atoms with Crippen LogP contribution in [-0.4, -0.2) is 10.4 Å². The first-order chi connectivity index (χ1) is 5.65. The van der Waals surface area contributed by atoms with Gasteiger partial charge in [0, 0.05) is 15.1 Å². The number of oxime groups is 1. The van der Waals surface area contributed by atoms with Gasteiger partial charge in [-0.15, -0.1) is 0 Å². The van der Waals surface area contributed by atoms with Gasteiger partial charge in [0.15, 0.2) is 5.17 Å². The lowest BCUT2D eigenvalue weighted by Crippen LogP contribution is -1.92. The molecular formula is C7H4BrCl2NO. The lowest BCUT2D eigenvalue weighted by atomic mass is 10.2. The minimum atomic E-state index is 0.00405. The quantitative estimate of drug-likeness (QED) is 0.472. The van der Waals surface area contributed by atoms with Crippen LogP contribution in [0.3, 0.4) is 0 Å². The first-order valence-electron chi connectivity index (χ1n) is 2.98. The highest BCUT2D eigenvalue weighted by Gasteiger charge is 2.05. The fourth-order valence-corrected chi connectivity index (χ4v) is 1.59. The van der Waals surface area contributed by atoms with Gasteiger partial charge >= 0.3 is 0 Å². The molecule has 0 radical (unpaired) electrons. The van der Waals surface area contributed by atoms with Gasteiger partial charge in [0.2, 0.25) is 0 Å². The van der Waals surface area contributed by atoms with Crippen LogP contribution in [0, 0.1) is 0 Å². The summed E-state index contributed by atoms with van der Waals surface area (Å²) in [7, 11) is 0. The maximum absolute atomic E-state index is 8.40. The Morgan fingerprint density at radius 2 is 2.17 bits per heavy atom. The van der Waals surface area contributed by atoms with Gasteiger partial charge in [-0.3, -0.25) is 0 Å². The van der Waals surface area contributed by atoms with Crippen molar-refractivity contribution in [2.45, 2.75) is 0 Å². The Hall–Kier alpha value is -0.250. The van der Waals surface area contributed by atoms with Crippen molar-refractivity contribution in [2.24, 2.45) is 5.16 Å². The van der Waals surface area contributed by atoms with Gasteiger partial charge in [-0.1, -0.05) is 44.3 Å². The molecule has 2 nitrogen and oxygen atoms in total.